The Morgan fingerprint density at radius 2 is 2.00 bits per heavy atom. The lowest BCUT2D eigenvalue weighted by Crippen LogP contribution is -2.16. The van der Waals surface area contributed by atoms with Crippen molar-refractivity contribution in [3.63, 3.8) is 0 Å². The lowest BCUT2D eigenvalue weighted by Gasteiger charge is -2.03. The third-order valence-electron chi connectivity index (χ3n) is 5.63. The van der Waals surface area contributed by atoms with Crippen LogP contribution in [-0.4, -0.2) is 41.8 Å². The van der Waals surface area contributed by atoms with Gasteiger partial charge in [0.25, 0.3) is 5.91 Å². The van der Waals surface area contributed by atoms with Gasteiger partial charge in [-0.15, -0.1) is 0 Å². The molecule has 1 saturated carbocycles. The Hall–Kier alpha value is -4.01. The van der Waals surface area contributed by atoms with Crippen molar-refractivity contribution in [1.82, 2.24) is 24.7 Å². The Kier molecular flexibility index (Phi) is 4.32. The zero-order valence-corrected chi connectivity index (χ0v) is 17.0. The maximum atomic E-state index is 12.7. The number of carbonyl (C=O) groups is 2. The molecule has 4 aromatic rings. The first-order chi connectivity index (χ1) is 14.9. The molecule has 0 bridgehead atoms. The van der Waals surface area contributed by atoms with Crippen LogP contribution in [0.25, 0.3) is 22.3 Å². The van der Waals surface area contributed by atoms with Gasteiger partial charge in [-0.2, -0.15) is 9.78 Å². The lowest BCUT2D eigenvalue weighted by atomic mass is 10.1. The van der Waals surface area contributed by atoms with Crippen LogP contribution in [0, 0.1) is 13.8 Å². The molecule has 0 spiro atoms. The quantitative estimate of drug-likeness (QED) is 0.460. The minimum atomic E-state index is -1.23. The highest BCUT2D eigenvalue weighted by Gasteiger charge is 2.25. The van der Waals surface area contributed by atoms with Gasteiger partial charge in [0.15, 0.2) is 5.69 Å². The highest BCUT2D eigenvalue weighted by Crippen LogP contribution is 2.40. The average molecular weight is 416 g/mol. The standard InChI is InChI=1S/C22H20N6O3/c1-11-12(2)28(22(30)31)27-19(11)21(29)25-16-7-15-9-18(26-20(15)24-10-16)14-5-6-23-17(8-14)13-3-4-13/h5-10,13H,3-4H2,1-2H3,(H,24,26)(H,25,29)(H,30,31). The zero-order valence-electron chi connectivity index (χ0n) is 17.0. The fourth-order valence-electron chi connectivity index (χ4n) is 3.63. The Morgan fingerprint density at radius 3 is 2.71 bits per heavy atom. The van der Waals surface area contributed by atoms with Gasteiger partial charge < -0.3 is 15.4 Å². The normalized spacial score (nSPS) is 13.5. The SMILES string of the molecule is Cc1c(C(=O)Nc2cnc3[nH]c(-c4ccnc(C5CC5)c4)cc3c2)nn(C(=O)O)c1C. The number of hydrogen-bond donors (Lipinski definition) is 3. The molecule has 0 atom stereocenters. The van der Waals surface area contributed by atoms with Gasteiger partial charge in [-0.25, -0.2) is 9.78 Å². The summed E-state index contributed by atoms with van der Waals surface area (Å²) >= 11 is 0. The number of anilines is 1. The first-order valence-electron chi connectivity index (χ1n) is 9.96. The van der Waals surface area contributed by atoms with Crippen LogP contribution in [0.1, 0.15) is 46.2 Å². The van der Waals surface area contributed by atoms with Gasteiger partial charge in [-0.1, -0.05) is 0 Å². The predicted molar refractivity (Wildman–Crippen MR) is 114 cm³/mol. The second-order valence-corrected chi connectivity index (χ2v) is 7.80. The number of rotatable bonds is 4. The third-order valence-corrected chi connectivity index (χ3v) is 5.63. The van der Waals surface area contributed by atoms with Crippen LogP contribution in [0.3, 0.4) is 0 Å². The van der Waals surface area contributed by atoms with E-state index < -0.39 is 12.0 Å². The van der Waals surface area contributed by atoms with Gasteiger partial charge in [0.2, 0.25) is 0 Å². The van der Waals surface area contributed by atoms with E-state index >= 15 is 0 Å². The van der Waals surface area contributed by atoms with Gasteiger partial charge in [-0.3, -0.25) is 9.78 Å². The molecule has 0 radical (unpaired) electrons. The molecule has 4 heterocycles. The van der Waals surface area contributed by atoms with E-state index in [4.69, 9.17) is 0 Å². The monoisotopic (exact) mass is 416 g/mol. The number of fused-ring (bicyclic) bond motifs is 1. The summed E-state index contributed by atoms with van der Waals surface area (Å²) in [5, 5.41) is 16.7. The second-order valence-electron chi connectivity index (χ2n) is 7.80. The van der Waals surface area contributed by atoms with E-state index in [1.807, 2.05) is 24.4 Å². The van der Waals surface area contributed by atoms with Crippen LogP contribution in [0.2, 0.25) is 0 Å². The summed E-state index contributed by atoms with van der Waals surface area (Å²) in [6.45, 7) is 3.27. The number of carbonyl (C=O) groups excluding carboxylic acids is 1. The first kappa shape index (κ1) is 19.0. The summed E-state index contributed by atoms with van der Waals surface area (Å²) in [4.78, 5) is 36.1. The lowest BCUT2D eigenvalue weighted by molar-refractivity contribution is 0.102. The second kappa shape index (κ2) is 7.05. The molecule has 9 heteroatoms. The van der Waals surface area contributed by atoms with Crippen LogP contribution in [0.5, 0.6) is 0 Å². The van der Waals surface area contributed by atoms with Crippen LogP contribution >= 0.6 is 0 Å². The van der Waals surface area contributed by atoms with Crippen LogP contribution < -0.4 is 5.32 Å². The number of nitrogens with zero attached hydrogens (tertiary/aromatic N) is 4. The number of pyridine rings is 2. The van der Waals surface area contributed by atoms with Gasteiger partial charge in [0.05, 0.1) is 17.6 Å². The van der Waals surface area contributed by atoms with E-state index in [1.54, 1.807) is 20.0 Å². The molecule has 0 aromatic carbocycles. The molecule has 1 fully saturated rings. The summed E-state index contributed by atoms with van der Waals surface area (Å²) < 4.78 is 0.800. The summed E-state index contributed by atoms with van der Waals surface area (Å²) in [5.41, 5.74) is 5.29. The van der Waals surface area contributed by atoms with Gasteiger partial charge in [0, 0.05) is 40.0 Å². The van der Waals surface area contributed by atoms with Crippen molar-refractivity contribution in [2.75, 3.05) is 5.32 Å². The Morgan fingerprint density at radius 1 is 1.19 bits per heavy atom. The molecule has 0 aliphatic heterocycles. The van der Waals surface area contributed by atoms with Crippen LogP contribution in [0.4, 0.5) is 10.5 Å². The number of aromatic nitrogens is 5. The predicted octanol–water partition coefficient (Wildman–Crippen LogP) is 4.09. The van der Waals surface area contributed by atoms with Crippen molar-refractivity contribution in [2.45, 2.75) is 32.6 Å². The van der Waals surface area contributed by atoms with E-state index in [0.717, 1.165) is 27.0 Å². The maximum absolute atomic E-state index is 12.7. The van der Waals surface area contributed by atoms with Gasteiger partial charge >= 0.3 is 6.09 Å². The van der Waals surface area contributed by atoms with Crippen molar-refractivity contribution in [3.8, 4) is 11.3 Å². The highest BCUT2D eigenvalue weighted by molar-refractivity contribution is 6.05. The van der Waals surface area contributed by atoms with Crippen molar-refractivity contribution < 1.29 is 14.7 Å². The maximum Gasteiger partial charge on any atom is 0.432 e. The summed E-state index contributed by atoms with van der Waals surface area (Å²) in [6, 6.07) is 7.87. The Labute approximate surface area is 177 Å². The fraction of sp³-hybridized carbons (Fsp3) is 0.227. The summed E-state index contributed by atoms with van der Waals surface area (Å²) in [6.07, 6.45) is 4.53. The molecular weight excluding hydrogens is 396 g/mol. The molecular formula is C22H20N6O3. The Bertz CT molecular complexity index is 1350. The van der Waals surface area contributed by atoms with Gasteiger partial charge in [-0.05, 0) is 51.0 Å². The molecule has 1 amide bonds. The van der Waals surface area contributed by atoms with E-state index in [-0.39, 0.29) is 5.69 Å². The van der Waals surface area contributed by atoms with Crippen LogP contribution in [-0.2, 0) is 0 Å². The summed E-state index contributed by atoms with van der Waals surface area (Å²) in [7, 11) is 0. The summed E-state index contributed by atoms with van der Waals surface area (Å²) in [5.74, 6) is 0.0849. The van der Waals surface area contributed by atoms with Crippen LogP contribution in [0.15, 0.2) is 36.7 Å². The molecule has 156 valence electrons. The van der Waals surface area contributed by atoms with Crippen molar-refractivity contribution in [3.05, 3.63) is 59.3 Å². The van der Waals surface area contributed by atoms with Crippen molar-refractivity contribution >= 4 is 28.7 Å². The highest BCUT2D eigenvalue weighted by atomic mass is 16.4. The molecule has 0 saturated heterocycles. The molecule has 1 aliphatic carbocycles. The topological polar surface area (TPSA) is 126 Å². The zero-order chi connectivity index (χ0) is 21.7. The third kappa shape index (κ3) is 3.43. The molecule has 4 aromatic heterocycles. The van der Waals surface area contributed by atoms with E-state index in [0.29, 0.717) is 28.5 Å². The molecule has 9 nitrogen and oxygen atoms in total. The minimum Gasteiger partial charge on any atom is -0.463 e. The molecule has 0 unspecified atom stereocenters. The molecule has 5 rings (SSSR count). The first-order valence-corrected chi connectivity index (χ1v) is 9.96. The number of hydrogen-bond acceptors (Lipinski definition) is 5. The number of aromatic amines is 1. The molecule has 1 aliphatic rings. The average Bonchev–Trinajstić information content (AvgIpc) is 3.45. The minimum absolute atomic E-state index is 0.0687. The Balaban J connectivity index is 1.42. The van der Waals surface area contributed by atoms with E-state index in [9.17, 15) is 14.7 Å². The van der Waals surface area contributed by atoms with Crippen molar-refractivity contribution in [1.29, 1.82) is 0 Å². The largest absolute Gasteiger partial charge is 0.463 e. The molecule has 3 N–H and O–H groups in total. The molecule has 31 heavy (non-hydrogen) atoms. The number of nitrogens with one attached hydrogen (secondary N) is 2. The van der Waals surface area contributed by atoms with Gasteiger partial charge in [0.1, 0.15) is 5.65 Å². The smallest absolute Gasteiger partial charge is 0.432 e. The number of amides is 1. The number of carboxylic acid groups (broad SMARTS) is 1. The fourth-order valence-corrected chi connectivity index (χ4v) is 3.63. The van der Waals surface area contributed by atoms with Crippen molar-refractivity contribution in [2.24, 2.45) is 0 Å². The number of H-pyrrole nitrogens is 1. The van der Waals surface area contributed by atoms with E-state index in [1.165, 1.54) is 12.8 Å². The van der Waals surface area contributed by atoms with E-state index in [2.05, 4.69) is 31.4 Å².